The molecule has 0 unspecified atom stereocenters. The lowest BCUT2D eigenvalue weighted by molar-refractivity contribution is 0.0791. The van der Waals surface area contributed by atoms with E-state index in [2.05, 4.69) is 34.8 Å². The summed E-state index contributed by atoms with van der Waals surface area (Å²) < 4.78 is 9.13. The highest BCUT2D eigenvalue weighted by Gasteiger charge is 2.18. The van der Waals surface area contributed by atoms with Crippen LogP contribution in [0, 0.1) is 0 Å². The summed E-state index contributed by atoms with van der Waals surface area (Å²) in [4.78, 5) is 4.28. The zero-order valence-corrected chi connectivity index (χ0v) is 18.5. The second-order valence-electron chi connectivity index (χ2n) is 8.35. The number of aliphatic hydroxyl groups is 1. The second kappa shape index (κ2) is 7.87. The fourth-order valence-corrected chi connectivity index (χ4v) is 3.99. The number of benzene rings is 1. The van der Waals surface area contributed by atoms with Crippen molar-refractivity contribution in [2.75, 3.05) is 6.61 Å². The van der Waals surface area contributed by atoms with Gasteiger partial charge in [-0.2, -0.15) is 10.2 Å². The van der Waals surface area contributed by atoms with Gasteiger partial charge in [0.2, 0.25) is 0 Å². The first kappa shape index (κ1) is 20.0. The first-order chi connectivity index (χ1) is 13.8. The van der Waals surface area contributed by atoms with Crippen LogP contribution in [-0.2, 0) is 11.5 Å². The molecule has 3 aromatic heterocycles. The van der Waals surface area contributed by atoms with Crippen molar-refractivity contribution in [1.29, 1.82) is 0 Å². The molecule has 0 spiro atoms. The third-order valence-electron chi connectivity index (χ3n) is 4.75. The highest BCUT2D eigenvalue weighted by Crippen LogP contribution is 2.26. The number of aliphatic hydroxyl groups excluding tert-OH is 1. The molecule has 1 N–H and O–H groups in total. The van der Waals surface area contributed by atoms with Crippen molar-refractivity contribution in [2.45, 2.75) is 38.5 Å². The molecule has 0 aliphatic rings. The van der Waals surface area contributed by atoms with Crippen LogP contribution in [-0.4, -0.2) is 44.2 Å². The van der Waals surface area contributed by atoms with E-state index in [1.165, 1.54) is 0 Å². The van der Waals surface area contributed by atoms with Gasteiger partial charge in [-0.15, -0.1) is 0 Å². The number of hydrogen-bond donors (Lipinski definition) is 1. The van der Waals surface area contributed by atoms with Gasteiger partial charge in [-0.1, -0.05) is 37.3 Å². The quantitative estimate of drug-likeness (QED) is 0.353. The van der Waals surface area contributed by atoms with E-state index >= 15 is 0 Å². The molecule has 9 heteroatoms. The minimum absolute atomic E-state index is 0.342. The molecule has 0 saturated carbocycles. The zero-order chi connectivity index (χ0) is 20.6. The summed E-state index contributed by atoms with van der Waals surface area (Å²) in [7, 11) is -1.10. The molecule has 4 rings (SSSR count). The standard InChI is InChI=1S/C20H24ClN5O2Si/c1-29(2,3)9-8-28-13-25-12-15-10-14(4-5-16(15)23-25)20(27)17-11-22-19-7-6-18(21)24-26(17)19/h4-7,10-12,20,27H,8-9,13H2,1-3H3/t20-/m1/s1. The predicted octanol–water partition coefficient (Wildman–Crippen LogP) is 4.13. The summed E-state index contributed by atoms with van der Waals surface area (Å²) in [5, 5.41) is 21.0. The van der Waals surface area contributed by atoms with E-state index in [1.54, 1.807) is 27.5 Å². The van der Waals surface area contributed by atoms with Crippen molar-refractivity contribution in [1.82, 2.24) is 24.4 Å². The molecule has 0 fully saturated rings. The first-order valence-electron chi connectivity index (χ1n) is 9.53. The minimum atomic E-state index is -1.10. The van der Waals surface area contributed by atoms with Gasteiger partial charge in [-0.3, -0.25) is 0 Å². The van der Waals surface area contributed by atoms with Crippen LogP contribution >= 0.6 is 11.6 Å². The van der Waals surface area contributed by atoms with Gasteiger partial charge in [-0.25, -0.2) is 14.2 Å². The van der Waals surface area contributed by atoms with Gasteiger partial charge in [-0.05, 0) is 35.9 Å². The Morgan fingerprint density at radius 3 is 2.79 bits per heavy atom. The highest BCUT2D eigenvalue weighted by molar-refractivity contribution is 6.76. The van der Waals surface area contributed by atoms with Gasteiger partial charge in [0, 0.05) is 26.3 Å². The Balaban J connectivity index is 1.53. The number of imidazole rings is 1. The average Bonchev–Trinajstić information content (AvgIpc) is 3.26. The molecule has 0 saturated heterocycles. The molecular formula is C20H24ClN5O2Si. The maximum atomic E-state index is 10.9. The van der Waals surface area contributed by atoms with E-state index in [0.717, 1.165) is 29.1 Å². The topological polar surface area (TPSA) is 77.5 Å². The van der Waals surface area contributed by atoms with Gasteiger partial charge >= 0.3 is 0 Å². The van der Waals surface area contributed by atoms with E-state index in [9.17, 15) is 5.11 Å². The van der Waals surface area contributed by atoms with Crippen LogP contribution in [0.3, 0.4) is 0 Å². The molecule has 0 radical (unpaired) electrons. The van der Waals surface area contributed by atoms with E-state index < -0.39 is 14.2 Å². The molecule has 0 bridgehead atoms. The van der Waals surface area contributed by atoms with Crippen LogP contribution in [0.1, 0.15) is 17.4 Å². The smallest absolute Gasteiger partial charge is 0.154 e. The van der Waals surface area contributed by atoms with Crippen LogP contribution in [0.25, 0.3) is 16.6 Å². The Morgan fingerprint density at radius 2 is 2.00 bits per heavy atom. The lowest BCUT2D eigenvalue weighted by Gasteiger charge is -2.15. The van der Waals surface area contributed by atoms with Crippen molar-refractivity contribution in [3.8, 4) is 0 Å². The maximum absolute atomic E-state index is 10.9. The van der Waals surface area contributed by atoms with Gasteiger partial charge in [0.15, 0.2) is 5.65 Å². The van der Waals surface area contributed by atoms with E-state index in [4.69, 9.17) is 16.3 Å². The molecule has 1 aromatic carbocycles. The summed E-state index contributed by atoms with van der Waals surface area (Å²) in [6.45, 7) is 8.17. The molecule has 4 aromatic rings. The molecule has 29 heavy (non-hydrogen) atoms. The lowest BCUT2D eigenvalue weighted by Crippen LogP contribution is -2.22. The Hall–Kier alpha value is -2.26. The van der Waals surface area contributed by atoms with E-state index in [1.807, 2.05) is 24.4 Å². The first-order valence-corrected chi connectivity index (χ1v) is 13.6. The third-order valence-corrected chi connectivity index (χ3v) is 6.65. The van der Waals surface area contributed by atoms with Gasteiger partial charge < -0.3 is 9.84 Å². The number of fused-ring (bicyclic) bond motifs is 2. The molecule has 0 aliphatic heterocycles. The monoisotopic (exact) mass is 429 g/mol. The molecule has 1 atom stereocenters. The third kappa shape index (κ3) is 4.50. The zero-order valence-electron chi connectivity index (χ0n) is 16.7. The van der Waals surface area contributed by atoms with Crippen LogP contribution in [0.4, 0.5) is 0 Å². The number of ether oxygens (including phenoxy) is 1. The number of aromatic nitrogens is 5. The van der Waals surface area contributed by atoms with Crippen molar-refractivity contribution < 1.29 is 9.84 Å². The van der Waals surface area contributed by atoms with Crippen LogP contribution in [0.2, 0.25) is 30.8 Å². The number of hydrogen-bond acceptors (Lipinski definition) is 5. The Bertz CT molecular complexity index is 1150. The van der Waals surface area contributed by atoms with E-state index in [-0.39, 0.29) is 0 Å². The summed E-state index contributed by atoms with van der Waals surface area (Å²) in [6.07, 6.45) is 2.67. The van der Waals surface area contributed by atoms with Crippen molar-refractivity contribution in [3.05, 3.63) is 59.1 Å². The predicted molar refractivity (Wildman–Crippen MR) is 116 cm³/mol. The second-order valence-corrected chi connectivity index (χ2v) is 14.4. The van der Waals surface area contributed by atoms with Gasteiger partial charge in [0.1, 0.15) is 18.0 Å². The van der Waals surface area contributed by atoms with Crippen molar-refractivity contribution in [3.63, 3.8) is 0 Å². The number of rotatable bonds is 7. The lowest BCUT2D eigenvalue weighted by atomic mass is 10.1. The minimum Gasteiger partial charge on any atom is -0.382 e. The Morgan fingerprint density at radius 1 is 1.17 bits per heavy atom. The number of halogens is 1. The van der Waals surface area contributed by atoms with Crippen molar-refractivity contribution >= 4 is 36.2 Å². The highest BCUT2D eigenvalue weighted by atomic mass is 35.5. The molecular weight excluding hydrogens is 406 g/mol. The Kier molecular flexibility index (Phi) is 5.43. The average molecular weight is 430 g/mol. The summed E-state index contributed by atoms with van der Waals surface area (Å²) >= 11 is 5.99. The van der Waals surface area contributed by atoms with Crippen LogP contribution in [0.5, 0.6) is 0 Å². The van der Waals surface area contributed by atoms with Gasteiger partial charge in [0.05, 0.1) is 17.4 Å². The Labute approximate surface area is 174 Å². The molecule has 152 valence electrons. The molecule has 0 amide bonds. The maximum Gasteiger partial charge on any atom is 0.154 e. The normalized spacial score (nSPS) is 13.4. The summed E-state index contributed by atoms with van der Waals surface area (Å²) in [6, 6.07) is 10.3. The fraction of sp³-hybridized carbons (Fsp3) is 0.350. The fourth-order valence-electron chi connectivity index (χ4n) is 3.09. The van der Waals surface area contributed by atoms with Crippen molar-refractivity contribution in [2.24, 2.45) is 0 Å². The molecule has 0 aliphatic carbocycles. The van der Waals surface area contributed by atoms with Gasteiger partial charge in [0.25, 0.3) is 0 Å². The largest absolute Gasteiger partial charge is 0.382 e. The van der Waals surface area contributed by atoms with Crippen LogP contribution < -0.4 is 0 Å². The molecule has 7 nitrogen and oxygen atoms in total. The number of nitrogens with zero attached hydrogens (tertiary/aromatic N) is 5. The molecule has 3 heterocycles. The SMILES string of the molecule is C[Si](C)(C)CCOCn1cc2cc([C@@H](O)c3cnc4ccc(Cl)nn34)ccc2n1. The van der Waals surface area contributed by atoms with Crippen LogP contribution in [0.15, 0.2) is 42.7 Å². The summed E-state index contributed by atoms with van der Waals surface area (Å²) in [5.74, 6) is 0. The summed E-state index contributed by atoms with van der Waals surface area (Å²) in [5.41, 5.74) is 2.78. The van der Waals surface area contributed by atoms with E-state index in [0.29, 0.717) is 23.2 Å².